The molecule has 2 amide bonds. The van der Waals surface area contributed by atoms with Crippen molar-refractivity contribution in [2.24, 2.45) is 5.92 Å². The highest BCUT2D eigenvalue weighted by molar-refractivity contribution is 5.95. The number of carbonyl (C=O) groups is 2. The molecule has 1 saturated heterocycles. The van der Waals surface area contributed by atoms with Crippen molar-refractivity contribution in [1.82, 2.24) is 14.9 Å². The molecule has 1 aliphatic rings. The number of carbonyl (C=O) groups excluding carboxylic acids is 2. The van der Waals surface area contributed by atoms with Gasteiger partial charge in [0.2, 0.25) is 5.91 Å². The Morgan fingerprint density at radius 1 is 1.27 bits per heavy atom. The van der Waals surface area contributed by atoms with Crippen molar-refractivity contribution >= 4 is 17.8 Å². The number of hydrogen-bond donors (Lipinski definition) is 3. The average molecular weight is 460 g/mol. The Morgan fingerprint density at radius 2 is 2.03 bits per heavy atom. The monoisotopic (exact) mass is 460 g/mol. The summed E-state index contributed by atoms with van der Waals surface area (Å²) in [5.74, 6) is -0.381. The summed E-state index contributed by atoms with van der Waals surface area (Å²) >= 11 is 0. The number of benzene rings is 1. The smallest absolute Gasteiger partial charge is 0.408 e. The first-order valence-electron chi connectivity index (χ1n) is 10.6. The molecule has 178 valence electrons. The average Bonchev–Trinajstić information content (AvgIpc) is 3.27. The highest BCUT2D eigenvalue weighted by atomic mass is 16.7. The van der Waals surface area contributed by atoms with E-state index < -0.39 is 36.2 Å². The van der Waals surface area contributed by atoms with Crippen LogP contribution in [-0.2, 0) is 25.6 Å². The number of nitrogens with zero attached hydrogens (tertiary/aromatic N) is 2. The molecular weight excluding hydrogens is 432 g/mol. The number of anilines is 1. The Balaban J connectivity index is 1.60. The zero-order valence-corrected chi connectivity index (χ0v) is 18.5. The lowest BCUT2D eigenvalue weighted by Gasteiger charge is -2.20. The number of ether oxygens (including phenoxy) is 3. The quantitative estimate of drug-likeness (QED) is 0.510. The van der Waals surface area contributed by atoms with Crippen molar-refractivity contribution in [3.05, 3.63) is 58.6 Å². The molecule has 0 radical (unpaired) electrons. The van der Waals surface area contributed by atoms with Gasteiger partial charge in [-0.3, -0.25) is 9.36 Å². The Bertz CT molecular complexity index is 996. The van der Waals surface area contributed by atoms with E-state index in [4.69, 9.17) is 19.3 Å². The molecule has 0 spiro atoms. The summed E-state index contributed by atoms with van der Waals surface area (Å²) in [4.78, 5) is 41.2. The maximum Gasteiger partial charge on any atom is 0.408 e. The highest BCUT2D eigenvalue weighted by Gasteiger charge is 2.28. The van der Waals surface area contributed by atoms with Gasteiger partial charge in [0.05, 0.1) is 13.2 Å². The third-order valence-corrected chi connectivity index (χ3v) is 4.80. The summed E-state index contributed by atoms with van der Waals surface area (Å²) in [7, 11) is 0. The van der Waals surface area contributed by atoms with Crippen molar-refractivity contribution in [3.8, 4) is 0 Å². The second-order valence-electron chi connectivity index (χ2n) is 7.92. The van der Waals surface area contributed by atoms with Crippen molar-refractivity contribution in [1.29, 1.82) is 0 Å². The lowest BCUT2D eigenvalue weighted by Crippen LogP contribution is -2.45. The number of aromatic nitrogens is 2. The van der Waals surface area contributed by atoms with Gasteiger partial charge >= 0.3 is 11.8 Å². The minimum Gasteiger partial charge on any atom is -0.445 e. The van der Waals surface area contributed by atoms with Gasteiger partial charge in [0, 0.05) is 6.20 Å². The number of rotatable bonds is 9. The molecule has 33 heavy (non-hydrogen) atoms. The molecule has 0 saturated carbocycles. The number of aliphatic hydroxyl groups is 1. The van der Waals surface area contributed by atoms with E-state index in [1.807, 2.05) is 44.2 Å². The minimum absolute atomic E-state index is 0.0343. The van der Waals surface area contributed by atoms with Crippen molar-refractivity contribution < 1.29 is 28.9 Å². The molecule has 2 heterocycles. The maximum absolute atomic E-state index is 12.8. The fraction of sp³-hybridized carbons (Fsp3) is 0.455. The Morgan fingerprint density at radius 3 is 2.67 bits per heavy atom. The van der Waals surface area contributed by atoms with E-state index in [1.54, 1.807) is 0 Å². The summed E-state index contributed by atoms with van der Waals surface area (Å²) in [6.07, 6.45) is -0.469. The van der Waals surface area contributed by atoms with Gasteiger partial charge in [0.1, 0.15) is 18.5 Å². The van der Waals surface area contributed by atoms with Gasteiger partial charge in [0.25, 0.3) is 0 Å². The van der Waals surface area contributed by atoms with Crippen LogP contribution < -0.4 is 16.3 Å². The van der Waals surface area contributed by atoms with E-state index >= 15 is 0 Å². The number of amides is 2. The topological polar surface area (TPSA) is 141 Å². The Kier molecular flexibility index (Phi) is 8.52. The standard InChI is InChI=1S/C22H28N4O7/c1-14(2)10-16(23-22(30)32-12-15-6-4-3-5-7-15)20(28)24-17-8-9-26(21(29)25-17)18-13-31-19(11-27)33-18/h3-9,14,16,18-19,27H,10-13H2,1-2H3,(H,23,30)(H,24,25,28,29). The maximum atomic E-state index is 12.8. The summed E-state index contributed by atoms with van der Waals surface area (Å²) in [5, 5.41) is 14.2. The first-order chi connectivity index (χ1) is 15.9. The number of hydrogen-bond acceptors (Lipinski definition) is 8. The van der Waals surface area contributed by atoms with Gasteiger partial charge in [-0.2, -0.15) is 4.98 Å². The second-order valence-corrected chi connectivity index (χ2v) is 7.92. The third kappa shape index (κ3) is 7.11. The Labute approximate surface area is 190 Å². The normalized spacial score (nSPS) is 18.7. The zero-order valence-electron chi connectivity index (χ0n) is 18.5. The van der Waals surface area contributed by atoms with E-state index in [-0.39, 0.29) is 31.6 Å². The van der Waals surface area contributed by atoms with E-state index in [0.29, 0.717) is 6.42 Å². The van der Waals surface area contributed by atoms with Crippen LogP contribution in [-0.4, -0.2) is 52.2 Å². The van der Waals surface area contributed by atoms with Crippen LogP contribution in [0.25, 0.3) is 0 Å². The first kappa shape index (κ1) is 24.4. The lowest BCUT2D eigenvalue weighted by molar-refractivity contribution is -0.118. The van der Waals surface area contributed by atoms with Gasteiger partial charge in [-0.25, -0.2) is 9.59 Å². The van der Waals surface area contributed by atoms with Gasteiger partial charge in [0.15, 0.2) is 12.5 Å². The molecule has 2 aromatic rings. The van der Waals surface area contributed by atoms with Crippen molar-refractivity contribution in [3.63, 3.8) is 0 Å². The van der Waals surface area contributed by atoms with E-state index in [2.05, 4.69) is 15.6 Å². The molecule has 0 aliphatic carbocycles. The molecule has 3 unspecified atom stereocenters. The molecule has 3 rings (SSSR count). The summed E-state index contributed by atoms with van der Waals surface area (Å²) in [5.41, 5.74) is 0.167. The largest absolute Gasteiger partial charge is 0.445 e. The van der Waals surface area contributed by atoms with E-state index in [9.17, 15) is 14.4 Å². The molecule has 1 aromatic carbocycles. The fourth-order valence-electron chi connectivity index (χ4n) is 3.21. The van der Waals surface area contributed by atoms with Crippen molar-refractivity contribution in [2.75, 3.05) is 18.5 Å². The molecule has 1 aromatic heterocycles. The van der Waals surface area contributed by atoms with Crippen LogP contribution in [0.2, 0.25) is 0 Å². The van der Waals surface area contributed by atoms with Crippen LogP contribution in [0.15, 0.2) is 47.4 Å². The summed E-state index contributed by atoms with van der Waals surface area (Å²) < 4.78 is 17.0. The predicted octanol–water partition coefficient (Wildman–Crippen LogP) is 1.39. The number of nitrogens with one attached hydrogen (secondary N) is 2. The molecule has 1 aliphatic heterocycles. The molecule has 0 bridgehead atoms. The van der Waals surface area contributed by atoms with Crippen LogP contribution in [0.4, 0.5) is 10.6 Å². The van der Waals surface area contributed by atoms with Crippen LogP contribution in [0.5, 0.6) is 0 Å². The number of aliphatic hydroxyl groups excluding tert-OH is 1. The fourth-order valence-corrected chi connectivity index (χ4v) is 3.21. The second kappa shape index (κ2) is 11.5. The van der Waals surface area contributed by atoms with Crippen molar-refractivity contribution in [2.45, 2.75) is 45.4 Å². The molecule has 1 fully saturated rings. The van der Waals surface area contributed by atoms with Crippen LogP contribution in [0.1, 0.15) is 32.1 Å². The predicted molar refractivity (Wildman–Crippen MR) is 117 cm³/mol. The molecule has 11 nitrogen and oxygen atoms in total. The van der Waals surface area contributed by atoms with E-state index in [0.717, 1.165) is 5.56 Å². The van der Waals surface area contributed by atoms with Gasteiger partial charge in [-0.15, -0.1) is 0 Å². The molecule has 11 heteroatoms. The summed E-state index contributed by atoms with van der Waals surface area (Å²) in [6, 6.07) is 9.74. The molecule has 3 atom stereocenters. The zero-order chi connectivity index (χ0) is 23.8. The molecular formula is C22H28N4O7. The van der Waals surface area contributed by atoms with Gasteiger partial charge < -0.3 is 30.0 Å². The van der Waals surface area contributed by atoms with E-state index in [1.165, 1.54) is 16.8 Å². The lowest BCUT2D eigenvalue weighted by atomic mass is 10.0. The first-order valence-corrected chi connectivity index (χ1v) is 10.6. The van der Waals surface area contributed by atoms with Gasteiger partial charge in [-0.1, -0.05) is 44.2 Å². The third-order valence-electron chi connectivity index (χ3n) is 4.80. The Hall–Kier alpha value is -3.28. The SMILES string of the molecule is CC(C)CC(NC(=O)OCc1ccccc1)C(=O)Nc1ccn(C2COC(CO)O2)c(=O)n1. The van der Waals surface area contributed by atoms with Crippen LogP contribution >= 0.6 is 0 Å². The minimum atomic E-state index is -0.880. The summed E-state index contributed by atoms with van der Waals surface area (Å²) in [6.45, 7) is 3.67. The van der Waals surface area contributed by atoms with Gasteiger partial charge in [-0.05, 0) is 24.0 Å². The highest BCUT2D eigenvalue weighted by Crippen LogP contribution is 2.19. The number of alkyl carbamates (subject to hydrolysis) is 1. The van der Waals surface area contributed by atoms with Crippen LogP contribution in [0, 0.1) is 5.92 Å². The molecule has 3 N–H and O–H groups in total. The van der Waals surface area contributed by atoms with Crippen LogP contribution in [0.3, 0.4) is 0 Å².